The van der Waals surface area contributed by atoms with Crippen molar-refractivity contribution < 1.29 is 14.4 Å². The highest BCUT2D eigenvalue weighted by Gasteiger charge is 2.42. The average Bonchev–Trinajstić information content (AvgIpc) is 3.19. The van der Waals surface area contributed by atoms with E-state index in [4.69, 9.17) is 11.5 Å². The van der Waals surface area contributed by atoms with Crippen LogP contribution in [-0.4, -0.2) is 28.7 Å². The summed E-state index contributed by atoms with van der Waals surface area (Å²) in [4.78, 5) is 37.2. The summed E-state index contributed by atoms with van der Waals surface area (Å²) < 4.78 is 0. The van der Waals surface area contributed by atoms with E-state index < -0.39 is 17.7 Å². The van der Waals surface area contributed by atoms with E-state index in [0.717, 1.165) is 12.8 Å². The fourth-order valence-electron chi connectivity index (χ4n) is 2.52. The molecule has 4 N–H and O–H groups in total. The maximum atomic E-state index is 12.2. The molecule has 1 aromatic rings. The van der Waals surface area contributed by atoms with Gasteiger partial charge in [-0.15, -0.1) is 0 Å². The highest BCUT2D eigenvalue weighted by Crippen LogP contribution is 2.34. The van der Waals surface area contributed by atoms with Crippen molar-refractivity contribution in [3.05, 3.63) is 29.3 Å². The lowest BCUT2D eigenvalue weighted by Gasteiger charge is -2.15. The van der Waals surface area contributed by atoms with Gasteiger partial charge in [0.05, 0.1) is 11.1 Å². The molecule has 1 fully saturated rings. The lowest BCUT2D eigenvalue weighted by Crippen LogP contribution is -2.40. The normalized spacial score (nSPS) is 19.1. The minimum Gasteiger partial charge on any atom is -0.398 e. The number of benzene rings is 1. The summed E-state index contributed by atoms with van der Waals surface area (Å²) in [5.41, 5.74) is 12.1. The Bertz CT molecular complexity index is 622. The number of amides is 3. The summed E-state index contributed by atoms with van der Waals surface area (Å²) in [6.45, 7) is 0. The summed E-state index contributed by atoms with van der Waals surface area (Å²) in [6.07, 6.45) is 2.02. The Morgan fingerprint density at radius 3 is 2.60 bits per heavy atom. The number of hydrogen-bond donors (Lipinski definition) is 2. The van der Waals surface area contributed by atoms with E-state index in [1.165, 1.54) is 12.1 Å². The van der Waals surface area contributed by atoms with Gasteiger partial charge in [0.15, 0.2) is 0 Å². The molecule has 1 heterocycles. The zero-order valence-electron chi connectivity index (χ0n) is 10.8. The number of hydrogen-bond acceptors (Lipinski definition) is 5. The Kier molecular flexibility index (Phi) is 2.83. The minimum atomic E-state index is -0.643. The number of nitrogens with zero attached hydrogens (tertiary/aromatic N) is 1. The van der Waals surface area contributed by atoms with Gasteiger partial charge in [0.2, 0.25) is 5.91 Å². The maximum Gasteiger partial charge on any atom is 0.270 e. The van der Waals surface area contributed by atoms with E-state index >= 15 is 0 Å². The van der Waals surface area contributed by atoms with E-state index in [2.05, 4.69) is 0 Å². The molecule has 3 rings (SSSR count). The lowest BCUT2D eigenvalue weighted by atomic mass is 10.1. The van der Waals surface area contributed by atoms with Crippen LogP contribution in [0, 0.1) is 5.92 Å². The van der Waals surface area contributed by atoms with E-state index in [1.54, 1.807) is 6.07 Å². The van der Waals surface area contributed by atoms with Crippen molar-refractivity contribution >= 4 is 23.4 Å². The topological polar surface area (TPSA) is 106 Å². The first kappa shape index (κ1) is 12.8. The molecule has 0 bridgehead atoms. The number of carbonyl (C=O) groups is 3. The van der Waals surface area contributed by atoms with Crippen molar-refractivity contribution in [2.24, 2.45) is 11.7 Å². The molecule has 104 valence electrons. The quantitative estimate of drug-likeness (QED) is 0.616. The molecule has 2 aliphatic rings. The van der Waals surface area contributed by atoms with E-state index in [9.17, 15) is 14.4 Å². The van der Waals surface area contributed by atoms with Crippen LogP contribution in [0.3, 0.4) is 0 Å². The molecule has 0 spiro atoms. The second-order valence-electron chi connectivity index (χ2n) is 5.31. The summed E-state index contributed by atoms with van der Waals surface area (Å²) in [5.74, 6) is -1.46. The SMILES string of the molecule is Nc1cccc2c1C(=O)N(C(=O)CC(N)C1CC1)C2=O. The lowest BCUT2D eigenvalue weighted by molar-refractivity contribution is -0.126. The number of anilines is 1. The summed E-state index contributed by atoms with van der Waals surface area (Å²) in [7, 11) is 0. The van der Waals surface area contributed by atoms with Crippen molar-refractivity contribution in [3.63, 3.8) is 0 Å². The van der Waals surface area contributed by atoms with E-state index in [-0.39, 0.29) is 29.3 Å². The van der Waals surface area contributed by atoms with Gasteiger partial charge in [0, 0.05) is 18.2 Å². The number of fused-ring (bicyclic) bond motifs is 1. The van der Waals surface area contributed by atoms with Crippen LogP contribution in [0.15, 0.2) is 18.2 Å². The molecule has 3 amide bonds. The van der Waals surface area contributed by atoms with Gasteiger partial charge in [-0.2, -0.15) is 0 Å². The summed E-state index contributed by atoms with van der Waals surface area (Å²) >= 11 is 0. The predicted molar refractivity (Wildman–Crippen MR) is 71.7 cm³/mol. The Labute approximate surface area is 115 Å². The second kappa shape index (κ2) is 4.42. The van der Waals surface area contributed by atoms with Crippen LogP contribution in [-0.2, 0) is 4.79 Å². The van der Waals surface area contributed by atoms with Gasteiger partial charge in [-0.25, -0.2) is 4.90 Å². The third-order valence-electron chi connectivity index (χ3n) is 3.83. The van der Waals surface area contributed by atoms with Crippen LogP contribution in [0.25, 0.3) is 0 Å². The van der Waals surface area contributed by atoms with Gasteiger partial charge < -0.3 is 11.5 Å². The number of carbonyl (C=O) groups excluding carboxylic acids is 3. The number of rotatable bonds is 3. The molecule has 0 radical (unpaired) electrons. The third-order valence-corrected chi connectivity index (χ3v) is 3.83. The van der Waals surface area contributed by atoms with Crippen LogP contribution in [0.4, 0.5) is 5.69 Å². The molecule has 1 saturated carbocycles. The van der Waals surface area contributed by atoms with Crippen molar-refractivity contribution in [1.82, 2.24) is 4.90 Å². The van der Waals surface area contributed by atoms with Crippen LogP contribution in [0.2, 0.25) is 0 Å². The largest absolute Gasteiger partial charge is 0.398 e. The fourth-order valence-corrected chi connectivity index (χ4v) is 2.52. The molecular weight excluding hydrogens is 258 g/mol. The zero-order chi connectivity index (χ0) is 14.4. The molecule has 1 unspecified atom stereocenters. The fraction of sp³-hybridized carbons (Fsp3) is 0.357. The van der Waals surface area contributed by atoms with Crippen molar-refractivity contribution in [2.45, 2.75) is 25.3 Å². The number of nitrogens with two attached hydrogens (primary N) is 2. The van der Waals surface area contributed by atoms with Crippen molar-refractivity contribution in [3.8, 4) is 0 Å². The van der Waals surface area contributed by atoms with E-state index in [0.29, 0.717) is 10.8 Å². The molecule has 1 aliphatic carbocycles. The van der Waals surface area contributed by atoms with Crippen LogP contribution in [0.1, 0.15) is 40.0 Å². The summed E-state index contributed by atoms with van der Waals surface area (Å²) in [5, 5.41) is 0. The van der Waals surface area contributed by atoms with Crippen LogP contribution in [0.5, 0.6) is 0 Å². The number of nitrogen functional groups attached to an aromatic ring is 1. The molecule has 1 aliphatic heterocycles. The highest BCUT2D eigenvalue weighted by molar-refractivity contribution is 6.30. The Balaban J connectivity index is 1.85. The molecule has 0 aromatic heterocycles. The van der Waals surface area contributed by atoms with Gasteiger partial charge in [-0.1, -0.05) is 6.07 Å². The van der Waals surface area contributed by atoms with E-state index in [1.807, 2.05) is 0 Å². The van der Waals surface area contributed by atoms with Gasteiger partial charge in [0.1, 0.15) is 0 Å². The first-order valence-corrected chi connectivity index (χ1v) is 6.56. The molecule has 6 heteroatoms. The van der Waals surface area contributed by atoms with Gasteiger partial charge in [0.25, 0.3) is 11.8 Å². The number of imide groups is 3. The Hall–Kier alpha value is -2.21. The molecule has 0 saturated heterocycles. The standard InChI is InChI=1S/C14H15N3O3/c15-9-3-1-2-8-12(9)14(20)17(13(8)19)11(18)6-10(16)7-4-5-7/h1-3,7,10H,4-6,15-16H2. The van der Waals surface area contributed by atoms with Crippen LogP contribution < -0.4 is 11.5 Å². The van der Waals surface area contributed by atoms with Crippen molar-refractivity contribution in [1.29, 1.82) is 0 Å². The maximum absolute atomic E-state index is 12.2. The first-order chi connectivity index (χ1) is 9.50. The Morgan fingerprint density at radius 2 is 2.00 bits per heavy atom. The first-order valence-electron chi connectivity index (χ1n) is 6.56. The minimum absolute atomic E-state index is 0.00996. The molecular formula is C14H15N3O3. The van der Waals surface area contributed by atoms with Gasteiger partial charge in [-0.05, 0) is 30.9 Å². The predicted octanol–water partition coefficient (Wildman–Crippen LogP) is 0.519. The zero-order valence-corrected chi connectivity index (χ0v) is 10.8. The third kappa shape index (κ3) is 1.89. The summed E-state index contributed by atoms with van der Waals surface area (Å²) in [6, 6.07) is 4.33. The molecule has 1 atom stereocenters. The average molecular weight is 273 g/mol. The molecule has 1 aromatic carbocycles. The van der Waals surface area contributed by atoms with Crippen LogP contribution >= 0.6 is 0 Å². The Morgan fingerprint density at radius 1 is 1.30 bits per heavy atom. The second-order valence-corrected chi connectivity index (χ2v) is 5.31. The highest BCUT2D eigenvalue weighted by atomic mass is 16.2. The van der Waals surface area contributed by atoms with Gasteiger partial charge >= 0.3 is 0 Å². The van der Waals surface area contributed by atoms with Gasteiger partial charge in [-0.3, -0.25) is 14.4 Å². The molecule has 20 heavy (non-hydrogen) atoms. The smallest absolute Gasteiger partial charge is 0.270 e. The molecule has 6 nitrogen and oxygen atoms in total. The monoisotopic (exact) mass is 273 g/mol. The van der Waals surface area contributed by atoms with Crippen molar-refractivity contribution in [2.75, 3.05) is 5.73 Å².